The second kappa shape index (κ2) is 6.70. The zero-order valence-electron chi connectivity index (χ0n) is 10.8. The second-order valence-electron chi connectivity index (χ2n) is 4.79. The lowest BCUT2D eigenvalue weighted by atomic mass is 9.94. The molecule has 1 aliphatic rings. The van der Waals surface area contributed by atoms with Crippen LogP contribution in [0.25, 0.3) is 0 Å². The minimum absolute atomic E-state index is 0.149. The van der Waals surface area contributed by atoms with Crippen LogP contribution in [0.4, 0.5) is 0 Å². The van der Waals surface area contributed by atoms with Gasteiger partial charge in [-0.05, 0) is 18.9 Å². The fraction of sp³-hybridized carbons (Fsp3) is 0.615. The summed E-state index contributed by atoms with van der Waals surface area (Å²) in [5.41, 5.74) is -0.0339. The number of rotatable bonds is 4. The summed E-state index contributed by atoms with van der Waals surface area (Å²) in [6.07, 6.45) is 5.57. The van der Waals surface area contributed by atoms with Gasteiger partial charge in [-0.2, -0.15) is 5.10 Å². The molecule has 104 valence electrons. The van der Waals surface area contributed by atoms with Gasteiger partial charge in [0.2, 0.25) is 0 Å². The maximum Gasteiger partial charge on any atom is 0.274 e. The number of alkyl halides is 1. The number of aromatic amines is 1. The van der Waals surface area contributed by atoms with Crippen molar-refractivity contribution in [3.05, 3.63) is 28.2 Å². The van der Waals surface area contributed by atoms with Crippen LogP contribution >= 0.6 is 11.6 Å². The average molecular weight is 284 g/mol. The normalized spacial score (nSPS) is 16.3. The van der Waals surface area contributed by atoms with Crippen molar-refractivity contribution in [2.24, 2.45) is 0 Å². The first kappa shape index (κ1) is 14.1. The largest absolute Gasteiger partial charge is 0.333 e. The molecule has 1 aliphatic carbocycles. The van der Waals surface area contributed by atoms with Crippen LogP contribution in [0.5, 0.6) is 0 Å². The monoisotopic (exact) mass is 283 g/mol. The number of nitrogens with one attached hydrogen (secondary N) is 1. The molecule has 1 heterocycles. The van der Waals surface area contributed by atoms with Crippen LogP contribution in [0.3, 0.4) is 0 Å². The SMILES string of the molecule is O=C(c1ccc(=O)[nH]n1)N(CCCl)C1CCCCC1. The van der Waals surface area contributed by atoms with Gasteiger partial charge >= 0.3 is 0 Å². The highest BCUT2D eigenvalue weighted by molar-refractivity contribution is 6.18. The highest BCUT2D eigenvalue weighted by Gasteiger charge is 2.26. The molecule has 5 nitrogen and oxygen atoms in total. The number of hydrogen-bond acceptors (Lipinski definition) is 3. The third-order valence-electron chi connectivity index (χ3n) is 3.50. The Labute approximate surface area is 117 Å². The number of carbonyl (C=O) groups excluding carboxylic acids is 1. The number of H-pyrrole nitrogens is 1. The van der Waals surface area contributed by atoms with Crippen molar-refractivity contribution in [2.75, 3.05) is 12.4 Å². The van der Waals surface area contributed by atoms with Crippen LogP contribution in [0.2, 0.25) is 0 Å². The molecule has 1 saturated carbocycles. The molecule has 0 atom stereocenters. The lowest BCUT2D eigenvalue weighted by molar-refractivity contribution is 0.0642. The maximum absolute atomic E-state index is 12.4. The van der Waals surface area contributed by atoms with Crippen LogP contribution < -0.4 is 5.56 Å². The highest BCUT2D eigenvalue weighted by Crippen LogP contribution is 2.23. The Morgan fingerprint density at radius 1 is 1.37 bits per heavy atom. The van der Waals surface area contributed by atoms with E-state index >= 15 is 0 Å². The Hall–Kier alpha value is -1.36. The van der Waals surface area contributed by atoms with Crippen molar-refractivity contribution >= 4 is 17.5 Å². The predicted molar refractivity (Wildman–Crippen MR) is 73.5 cm³/mol. The van der Waals surface area contributed by atoms with Gasteiger partial charge in [0, 0.05) is 24.5 Å². The summed E-state index contributed by atoms with van der Waals surface area (Å²) in [5, 5.41) is 6.10. The molecule has 1 fully saturated rings. The van der Waals surface area contributed by atoms with E-state index in [1.807, 2.05) is 0 Å². The molecule has 0 unspecified atom stereocenters. The smallest absolute Gasteiger partial charge is 0.274 e. The Kier molecular flexibility index (Phi) is 4.96. The molecular formula is C13H18ClN3O2. The summed E-state index contributed by atoms with van der Waals surface area (Å²) in [6.45, 7) is 0.520. The van der Waals surface area contributed by atoms with Crippen molar-refractivity contribution in [1.82, 2.24) is 15.1 Å². The van der Waals surface area contributed by atoms with Crippen LogP contribution in [-0.2, 0) is 0 Å². The molecule has 0 aliphatic heterocycles. The summed E-state index contributed by atoms with van der Waals surface area (Å²) >= 11 is 5.80. The van der Waals surface area contributed by atoms with Crippen molar-refractivity contribution in [2.45, 2.75) is 38.1 Å². The van der Waals surface area contributed by atoms with Crippen molar-refractivity contribution in [3.8, 4) is 0 Å². The predicted octanol–water partition coefficient (Wildman–Crippen LogP) is 1.78. The van der Waals surface area contributed by atoms with Gasteiger partial charge in [-0.1, -0.05) is 19.3 Å². The Morgan fingerprint density at radius 2 is 2.11 bits per heavy atom. The highest BCUT2D eigenvalue weighted by atomic mass is 35.5. The molecule has 1 N–H and O–H groups in total. The first-order chi connectivity index (χ1) is 9.22. The molecule has 0 bridgehead atoms. The standard InChI is InChI=1S/C13H18ClN3O2/c14-8-9-17(10-4-2-1-3-5-10)13(19)11-6-7-12(18)16-15-11/h6-7,10H,1-5,8-9H2,(H,16,18). The zero-order valence-corrected chi connectivity index (χ0v) is 11.5. The molecule has 1 aromatic rings. The van der Waals surface area contributed by atoms with E-state index in [1.54, 1.807) is 4.90 Å². The number of hydrogen-bond donors (Lipinski definition) is 1. The quantitative estimate of drug-likeness (QED) is 0.857. The molecule has 0 aromatic carbocycles. The van der Waals surface area contributed by atoms with E-state index in [0.717, 1.165) is 25.7 Å². The van der Waals surface area contributed by atoms with Crippen LogP contribution in [-0.4, -0.2) is 39.5 Å². The van der Waals surface area contributed by atoms with E-state index in [9.17, 15) is 9.59 Å². The van der Waals surface area contributed by atoms with E-state index in [1.165, 1.54) is 18.6 Å². The van der Waals surface area contributed by atoms with Gasteiger partial charge in [-0.3, -0.25) is 9.59 Å². The molecule has 0 radical (unpaired) electrons. The Bertz CT molecular complexity index is 463. The molecule has 1 aromatic heterocycles. The lowest BCUT2D eigenvalue weighted by Crippen LogP contribution is -2.43. The van der Waals surface area contributed by atoms with E-state index < -0.39 is 0 Å². The molecule has 2 rings (SSSR count). The van der Waals surface area contributed by atoms with Gasteiger partial charge in [0.05, 0.1) is 0 Å². The van der Waals surface area contributed by atoms with E-state index in [4.69, 9.17) is 11.6 Å². The first-order valence-electron chi connectivity index (χ1n) is 6.65. The van der Waals surface area contributed by atoms with Gasteiger partial charge in [0.1, 0.15) is 5.69 Å². The molecule has 0 spiro atoms. The number of carbonyl (C=O) groups is 1. The van der Waals surface area contributed by atoms with Gasteiger partial charge < -0.3 is 4.90 Å². The molecule has 0 saturated heterocycles. The summed E-state index contributed by atoms with van der Waals surface area (Å²) in [6, 6.07) is 3.03. The molecule has 6 heteroatoms. The molecular weight excluding hydrogens is 266 g/mol. The van der Waals surface area contributed by atoms with E-state index in [2.05, 4.69) is 10.2 Å². The summed E-state index contributed by atoms with van der Waals surface area (Å²) < 4.78 is 0. The molecule has 1 amide bonds. The number of nitrogens with zero attached hydrogens (tertiary/aromatic N) is 2. The number of halogens is 1. The van der Waals surface area contributed by atoms with Gasteiger partial charge in [0.25, 0.3) is 11.5 Å². The minimum atomic E-state index is -0.307. The Morgan fingerprint density at radius 3 is 2.68 bits per heavy atom. The summed E-state index contributed by atoms with van der Waals surface area (Å²) in [5.74, 6) is 0.259. The van der Waals surface area contributed by atoms with Gasteiger partial charge in [-0.15, -0.1) is 11.6 Å². The summed E-state index contributed by atoms with van der Waals surface area (Å²) in [7, 11) is 0. The van der Waals surface area contributed by atoms with Crippen LogP contribution in [0.15, 0.2) is 16.9 Å². The minimum Gasteiger partial charge on any atom is -0.333 e. The Balaban J connectivity index is 2.15. The van der Waals surface area contributed by atoms with E-state index in [0.29, 0.717) is 12.4 Å². The lowest BCUT2D eigenvalue weighted by Gasteiger charge is -2.33. The molecule has 19 heavy (non-hydrogen) atoms. The fourth-order valence-electron chi connectivity index (χ4n) is 2.54. The van der Waals surface area contributed by atoms with Gasteiger partial charge in [0.15, 0.2) is 0 Å². The van der Waals surface area contributed by atoms with E-state index in [-0.39, 0.29) is 23.2 Å². The summed E-state index contributed by atoms with van der Waals surface area (Å²) in [4.78, 5) is 25.2. The second-order valence-corrected chi connectivity index (χ2v) is 5.16. The first-order valence-corrected chi connectivity index (χ1v) is 7.18. The average Bonchev–Trinajstić information content (AvgIpc) is 2.46. The zero-order chi connectivity index (χ0) is 13.7. The van der Waals surface area contributed by atoms with Crippen molar-refractivity contribution in [1.29, 1.82) is 0 Å². The maximum atomic E-state index is 12.4. The number of amides is 1. The third kappa shape index (κ3) is 3.56. The van der Waals surface area contributed by atoms with Gasteiger partial charge in [-0.25, -0.2) is 5.10 Å². The number of aromatic nitrogens is 2. The van der Waals surface area contributed by atoms with Crippen molar-refractivity contribution < 1.29 is 4.79 Å². The van der Waals surface area contributed by atoms with Crippen molar-refractivity contribution in [3.63, 3.8) is 0 Å². The third-order valence-corrected chi connectivity index (χ3v) is 3.67. The van der Waals surface area contributed by atoms with Crippen LogP contribution in [0, 0.1) is 0 Å². The van der Waals surface area contributed by atoms with Crippen LogP contribution in [0.1, 0.15) is 42.6 Å². The topological polar surface area (TPSA) is 66.1 Å². The fourth-order valence-corrected chi connectivity index (χ4v) is 2.73.